The van der Waals surface area contributed by atoms with Crippen LogP contribution < -0.4 is 16.4 Å². The molecule has 0 unspecified atom stereocenters. The lowest BCUT2D eigenvalue weighted by molar-refractivity contribution is 0.102. The normalized spacial score (nSPS) is 20.1. The Labute approximate surface area is 186 Å². The summed E-state index contributed by atoms with van der Waals surface area (Å²) in [6.07, 6.45) is 0.925. The van der Waals surface area contributed by atoms with Crippen LogP contribution >= 0.6 is 0 Å². The van der Waals surface area contributed by atoms with Gasteiger partial charge in [-0.15, -0.1) is 0 Å². The van der Waals surface area contributed by atoms with Crippen molar-refractivity contribution >= 4 is 23.4 Å². The van der Waals surface area contributed by atoms with E-state index in [9.17, 15) is 22.4 Å². The molecule has 1 amide bonds. The molecule has 174 valence electrons. The lowest BCUT2D eigenvalue weighted by Gasteiger charge is -2.28. The fraction of sp³-hybridized carbons (Fsp3) is 0.333. The highest BCUT2D eigenvalue weighted by Crippen LogP contribution is 2.35. The molecule has 0 spiro atoms. The molecule has 2 heterocycles. The van der Waals surface area contributed by atoms with Gasteiger partial charge in [0.25, 0.3) is 18.4 Å². The van der Waals surface area contributed by atoms with Crippen LogP contribution in [0, 0.1) is 5.82 Å². The quantitative estimate of drug-likeness (QED) is 0.537. The van der Waals surface area contributed by atoms with Crippen LogP contribution in [0.25, 0.3) is 0 Å². The van der Waals surface area contributed by atoms with Gasteiger partial charge in [0.2, 0.25) is 0 Å². The summed E-state index contributed by atoms with van der Waals surface area (Å²) in [5, 5.41) is 5.48. The molecular weight excluding hydrogens is 444 g/mol. The highest BCUT2D eigenvalue weighted by molar-refractivity contribution is 6.06. The van der Waals surface area contributed by atoms with Crippen molar-refractivity contribution in [3.63, 3.8) is 0 Å². The summed E-state index contributed by atoms with van der Waals surface area (Å²) in [5.41, 5.74) is 3.66. The Balaban J connectivity index is 1.64. The van der Waals surface area contributed by atoms with Crippen LogP contribution in [0.4, 0.5) is 29.1 Å². The van der Waals surface area contributed by atoms with Gasteiger partial charge in [-0.3, -0.25) is 4.79 Å². The number of nitrogens with one attached hydrogen (secondary N) is 2. The molecule has 33 heavy (non-hydrogen) atoms. The van der Waals surface area contributed by atoms with Crippen LogP contribution in [0.3, 0.4) is 0 Å². The number of amidine groups is 1. The van der Waals surface area contributed by atoms with Gasteiger partial charge in [0.1, 0.15) is 29.5 Å². The number of rotatable bonds is 7. The van der Waals surface area contributed by atoms with Gasteiger partial charge in [0, 0.05) is 17.3 Å². The number of carbonyl (C=O) groups excluding carboxylic acids is 1. The van der Waals surface area contributed by atoms with Crippen molar-refractivity contribution in [1.29, 1.82) is 0 Å². The molecule has 1 atom stereocenters. The third kappa shape index (κ3) is 4.89. The van der Waals surface area contributed by atoms with Crippen LogP contribution in [0.15, 0.2) is 41.2 Å². The summed E-state index contributed by atoms with van der Waals surface area (Å²) in [5.74, 6) is -1.58. The number of aromatic nitrogens is 2. The predicted molar refractivity (Wildman–Crippen MR) is 112 cm³/mol. The minimum atomic E-state index is -2.84. The number of alkyl halides is 3. The number of nitrogens with zero attached hydrogens (tertiary/aromatic N) is 3. The fourth-order valence-corrected chi connectivity index (χ4v) is 3.34. The zero-order chi connectivity index (χ0) is 23.8. The Kier molecular flexibility index (Phi) is 5.91. The van der Waals surface area contributed by atoms with E-state index in [1.165, 1.54) is 25.1 Å². The van der Waals surface area contributed by atoms with Gasteiger partial charge in [0.15, 0.2) is 11.5 Å². The van der Waals surface area contributed by atoms with Crippen molar-refractivity contribution in [3.8, 4) is 0 Å². The standard InChI is InChI=1S/C21H20F4N6O2/c1-21(7-12(8-22)33-20(26)31-21)13-6-11(4-5-14(13)23)29-19(32)16-18(28-10-2-3-10)30-15(9-27-16)17(24)25/h4-7,9-10,17H,2-3,8H2,1H3,(H2,26,31)(H,28,30)(H,29,32)/t21-/m0/s1. The number of hydrogen-bond donors (Lipinski definition) is 3. The van der Waals surface area contributed by atoms with E-state index >= 15 is 0 Å². The Morgan fingerprint density at radius 3 is 2.79 bits per heavy atom. The minimum Gasteiger partial charge on any atom is -0.428 e. The van der Waals surface area contributed by atoms with Gasteiger partial charge in [-0.2, -0.15) is 0 Å². The molecule has 12 heteroatoms. The van der Waals surface area contributed by atoms with Crippen molar-refractivity contribution in [3.05, 3.63) is 59.0 Å². The molecule has 1 aromatic carbocycles. The largest absolute Gasteiger partial charge is 0.428 e. The van der Waals surface area contributed by atoms with E-state index in [1.54, 1.807) is 0 Å². The smallest absolute Gasteiger partial charge is 0.288 e. The molecule has 4 N–H and O–H groups in total. The van der Waals surface area contributed by atoms with E-state index in [4.69, 9.17) is 10.5 Å². The van der Waals surface area contributed by atoms with Gasteiger partial charge in [-0.05, 0) is 44.0 Å². The summed E-state index contributed by atoms with van der Waals surface area (Å²) >= 11 is 0. The molecule has 1 aliphatic heterocycles. The molecule has 1 saturated carbocycles. The van der Waals surface area contributed by atoms with Gasteiger partial charge in [0.05, 0.1) is 6.20 Å². The number of halogens is 4. The summed E-state index contributed by atoms with van der Waals surface area (Å²) in [7, 11) is 0. The molecule has 1 aliphatic carbocycles. The predicted octanol–water partition coefficient (Wildman–Crippen LogP) is 3.79. The minimum absolute atomic E-state index is 0.00737. The highest BCUT2D eigenvalue weighted by atomic mass is 19.3. The lowest BCUT2D eigenvalue weighted by Crippen LogP contribution is -2.31. The number of nitrogens with two attached hydrogens (primary N) is 1. The molecule has 0 bridgehead atoms. The molecule has 0 saturated heterocycles. The van der Waals surface area contributed by atoms with Crippen LogP contribution in [-0.4, -0.2) is 34.6 Å². The summed E-state index contributed by atoms with van der Waals surface area (Å²) in [6.45, 7) is 0.544. The second-order valence-electron chi connectivity index (χ2n) is 7.80. The van der Waals surface area contributed by atoms with Crippen molar-refractivity contribution in [2.24, 2.45) is 10.7 Å². The second kappa shape index (κ2) is 8.68. The number of benzene rings is 1. The molecule has 1 aromatic heterocycles. The monoisotopic (exact) mass is 464 g/mol. The van der Waals surface area contributed by atoms with Gasteiger partial charge in [-0.25, -0.2) is 32.5 Å². The van der Waals surface area contributed by atoms with Crippen LogP contribution in [0.5, 0.6) is 0 Å². The first kappa shape index (κ1) is 22.5. The van der Waals surface area contributed by atoms with E-state index in [1.807, 2.05) is 0 Å². The summed E-state index contributed by atoms with van der Waals surface area (Å²) in [4.78, 5) is 24.6. The molecule has 2 aliphatic rings. The zero-order valence-corrected chi connectivity index (χ0v) is 17.4. The highest BCUT2D eigenvalue weighted by Gasteiger charge is 2.33. The average molecular weight is 464 g/mol. The zero-order valence-electron chi connectivity index (χ0n) is 17.4. The van der Waals surface area contributed by atoms with E-state index < -0.39 is 36.1 Å². The SMILES string of the molecule is C[C@@]1(c2cc(NC(=O)c3ncc(C(F)F)nc3NC3CC3)ccc2F)C=C(CF)OC(N)=N1. The number of aliphatic imine (C=N–C) groups is 1. The second-order valence-corrected chi connectivity index (χ2v) is 7.80. The maximum absolute atomic E-state index is 14.7. The number of hydrogen-bond acceptors (Lipinski definition) is 7. The summed E-state index contributed by atoms with van der Waals surface area (Å²) in [6, 6.07) is 3.43. The van der Waals surface area contributed by atoms with E-state index in [0.29, 0.717) is 0 Å². The molecule has 8 nitrogen and oxygen atoms in total. The number of amides is 1. The Bertz CT molecular complexity index is 1150. The lowest BCUT2D eigenvalue weighted by atomic mass is 9.90. The number of carbonyl (C=O) groups is 1. The van der Waals surface area contributed by atoms with Crippen molar-refractivity contribution in [2.45, 2.75) is 37.8 Å². The van der Waals surface area contributed by atoms with Crippen LogP contribution in [0.2, 0.25) is 0 Å². The number of allylic oxidation sites excluding steroid dienone is 1. The first-order valence-electron chi connectivity index (χ1n) is 10.0. The third-order valence-electron chi connectivity index (χ3n) is 5.07. The fourth-order valence-electron chi connectivity index (χ4n) is 3.34. The maximum Gasteiger partial charge on any atom is 0.288 e. The van der Waals surface area contributed by atoms with Gasteiger partial charge >= 0.3 is 0 Å². The van der Waals surface area contributed by atoms with Gasteiger partial charge < -0.3 is 21.1 Å². The van der Waals surface area contributed by atoms with Crippen molar-refractivity contribution < 1.29 is 27.1 Å². The van der Waals surface area contributed by atoms with Crippen LogP contribution in [0.1, 0.15) is 47.9 Å². The molecule has 0 radical (unpaired) electrons. The summed E-state index contributed by atoms with van der Waals surface area (Å²) < 4.78 is 58.8. The first-order valence-corrected chi connectivity index (χ1v) is 10.0. The van der Waals surface area contributed by atoms with Gasteiger partial charge in [-0.1, -0.05) is 0 Å². The number of anilines is 2. The topological polar surface area (TPSA) is 115 Å². The number of ether oxygens (including phenoxy) is 1. The molecule has 2 aromatic rings. The Morgan fingerprint density at radius 1 is 1.36 bits per heavy atom. The average Bonchev–Trinajstić information content (AvgIpc) is 3.58. The molecular formula is C21H20F4N6O2. The van der Waals surface area contributed by atoms with E-state index in [2.05, 4.69) is 25.6 Å². The molecule has 4 rings (SSSR count). The Hall–Kier alpha value is -3.70. The molecule has 1 fully saturated rings. The van der Waals surface area contributed by atoms with Crippen LogP contribution in [-0.2, 0) is 10.3 Å². The first-order chi connectivity index (χ1) is 15.7. The maximum atomic E-state index is 14.7. The van der Waals surface area contributed by atoms with Crippen molar-refractivity contribution in [2.75, 3.05) is 17.3 Å². The van der Waals surface area contributed by atoms with E-state index in [-0.39, 0.29) is 40.6 Å². The van der Waals surface area contributed by atoms with Crippen molar-refractivity contribution in [1.82, 2.24) is 9.97 Å². The third-order valence-corrected chi connectivity index (χ3v) is 5.07. The Morgan fingerprint density at radius 2 is 2.12 bits per heavy atom. The van der Waals surface area contributed by atoms with E-state index in [0.717, 1.165) is 25.1 Å².